The molecule has 2 unspecified atom stereocenters. The summed E-state index contributed by atoms with van der Waals surface area (Å²) in [6.45, 7) is 12.9. The van der Waals surface area contributed by atoms with Crippen molar-refractivity contribution < 1.29 is 9.53 Å². The summed E-state index contributed by atoms with van der Waals surface area (Å²) in [5.41, 5.74) is -0.389. The molecule has 0 bridgehead atoms. The second kappa shape index (κ2) is 6.06. The molecule has 90 valence electrons. The summed E-state index contributed by atoms with van der Waals surface area (Å²) < 4.78 is 5.67. The van der Waals surface area contributed by atoms with Gasteiger partial charge in [-0.15, -0.1) is 0 Å². The SMILES string of the molecule is CC(I)COC(=O)C(C)(C)C(C)C(C)C. The standard InChI is InChI=1S/C12H23IO2/c1-8(2)10(4)12(5,6)11(14)15-7-9(3)13/h8-10H,7H2,1-6H3. The van der Waals surface area contributed by atoms with Crippen LogP contribution in [0.3, 0.4) is 0 Å². The minimum atomic E-state index is -0.389. The number of hydrogen-bond donors (Lipinski definition) is 0. The molecule has 0 rings (SSSR count). The predicted molar refractivity (Wildman–Crippen MR) is 72.2 cm³/mol. The van der Waals surface area contributed by atoms with Gasteiger partial charge < -0.3 is 4.74 Å². The van der Waals surface area contributed by atoms with Crippen LogP contribution in [-0.2, 0) is 9.53 Å². The van der Waals surface area contributed by atoms with E-state index in [2.05, 4.69) is 43.4 Å². The van der Waals surface area contributed by atoms with Crippen molar-refractivity contribution in [2.75, 3.05) is 6.61 Å². The van der Waals surface area contributed by atoms with Crippen LogP contribution < -0.4 is 0 Å². The number of hydrogen-bond acceptors (Lipinski definition) is 2. The first kappa shape index (κ1) is 15.2. The first-order valence-corrected chi connectivity index (χ1v) is 6.75. The van der Waals surface area contributed by atoms with E-state index >= 15 is 0 Å². The zero-order valence-corrected chi connectivity index (χ0v) is 12.8. The van der Waals surface area contributed by atoms with Gasteiger partial charge in [0.15, 0.2) is 0 Å². The molecule has 3 heteroatoms. The van der Waals surface area contributed by atoms with Crippen LogP contribution in [0.2, 0.25) is 0 Å². The van der Waals surface area contributed by atoms with Gasteiger partial charge in [-0.1, -0.05) is 50.3 Å². The highest BCUT2D eigenvalue weighted by Gasteiger charge is 2.37. The van der Waals surface area contributed by atoms with Gasteiger partial charge in [-0.2, -0.15) is 0 Å². The van der Waals surface area contributed by atoms with Crippen molar-refractivity contribution >= 4 is 28.6 Å². The predicted octanol–water partition coefficient (Wildman–Crippen LogP) is 3.67. The van der Waals surface area contributed by atoms with E-state index < -0.39 is 0 Å². The molecule has 0 fully saturated rings. The number of halogens is 1. The number of rotatable bonds is 5. The smallest absolute Gasteiger partial charge is 0.311 e. The molecule has 0 aromatic heterocycles. The Morgan fingerprint density at radius 1 is 1.27 bits per heavy atom. The van der Waals surface area contributed by atoms with Crippen molar-refractivity contribution in [3.05, 3.63) is 0 Å². The summed E-state index contributed by atoms with van der Waals surface area (Å²) in [6, 6.07) is 0. The molecule has 0 saturated carbocycles. The quantitative estimate of drug-likeness (QED) is 0.438. The second-order valence-electron chi connectivity index (χ2n) is 5.13. The first-order chi connectivity index (χ1) is 6.69. The van der Waals surface area contributed by atoms with E-state index in [0.717, 1.165) is 0 Å². The maximum absolute atomic E-state index is 11.9. The highest BCUT2D eigenvalue weighted by molar-refractivity contribution is 14.1. The molecule has 0 aliphatic heterocycles. The van der Waals surface area contributed by atoms with E-state index in [0.29, 0.717) is 22.4 Å². The molecule has 0 spiro atoms. The van der Waals surface area contributed by atoms with Crippen LogP contribution in [0.15, 0.2) is 0 Å². The molecule has 0 saturated heterocycles. The molecular formula is C12H23IO2. The lowest BCUT2D eigenvalue weighted by Gasteiger charge is -2.32. The molecule has 0 aromatic carbocycles. The Morgan fingerprint density at radius 2 is 1.73 bits per heavy atom. The van der Waals surface area contributed by atoms with Crippen LogP contribution in [0.25, 0.3) is 0 Å². The minimum Gasteiger partial charge on any atom is -0.464 e. The van der Waals surface area contributed by atoms with E-state index in [9.17, 15) is 4.79 Å². The molecule has 0 aliphatic carbocycles. The lowest BCUT2D eigenvalue weighted by Crippen LogP contribution is -2.36. The molecule has 0 aromatic rings. The summed E-state index contributed by atoms with van der Waals surface area (Å²) in [5, 5.41) is 0. The third kappa shape index (κ3) is 4.70. The van der Waals surface area contributed by atoms with Crippen molar-refractivity contribution in [3.8, 4) is 0 Å². The van der Waals surface area contributed by atoms with Gasteiger partial charge in [0.1, 0.15) is 6.61 Å². The molecular weight excluding hydrogens is 303 g/mol. The van der Waals surface area contributed by atoms with Crippen LogP contribution >= 0.6 is 22.6 Å². The van der Waals surface area contributed by atoms with Crippen molar-refractivity contribution in [1.82, 2.24) is 0 Å². The van der Waals surface area contributed by atoms with E-state index in [1.807, 2.05) is 20.8 Å². The van der Waals surface area contributed by atoms with Crippen molar-refractivity contribution in [2.24, 2.45) is 17.3 Å². The number of carbonyl (C=O) groups is 1. The summed E-state index contributed by atoms with van der Waals surface area (Å²) in [4.78, 5) is 11.9. The normalized spacial score (nSPS) is 16.3. The number of alkyl halides is 1. The summed E-state index contributed by atoms with van der Waals surface area (Å²) in [7, 11) is 0. The van der Waals surface area contributed by atoms with Gasteiger partial charge in [0.2, 0.25) is 0 Å². The zero-order chi connectivity index (χ0) is 12.2. The van der Waals surface area contributed by atoms with E-state index in [1.165, 1.54) is 0 Å². The Hall–Kier alpha value is 0.200. The fraction of sp³-hybridized carbons (Fsp3) is 0.917. The molecule has 0 aliphatic rings. The fourth-order valence-corrected chi connectivity index (χ4v) is 1.58. The number of carbonyl (C=O) groups excluding carboxylic acids is 1. The highest BCUT2D eigenvalue weighted by Crippen LogP contribution is 2.33. The Balaban J connectivity index is 4.38. The third-order valence-corrected chi connectivity index (χ3v) is 3.47. The van der Waals surface area contributed by atoms with E-state index in [1.54, 1.807) is 0 Å². The van der Waals surface area contributed by atoms with Crippen LogP contribution in [-0.4, -0.2) is 16.5 Å². The van der Waals surface area contributed by atoms with Gasteiger partial charge >= 0.3 is 5.97 Å². The average molecular weight is 326 g/mol. The van der Waals surface area contributed by atoms with Crippen LogP contribution in [0.5, 0.6) is 0 Å². The van der Waals surface area contributed by atoms with E-state index in [-0.39, 0.29) is 11.4 Å². The van der Waals surface area contributed by atoms with Gasteiger partial charge in [0, 0.05) is 3.92 Å². The maximum Gasteiger partial charge on any atom is 0.311 e. The topological polar surface area (TPSA) is 26.3 Å². The average Bonchev–Trinajstić information content (AvgIpc) is 2.12. The molecule has 0 heterocycles. The molecule has 15 heavy (non-hydrogen) atoms. The molecule has 2 atom stereocenters. The summed E-state index contributed by atoms with van der Waals surface area (Å²) >= 11 is 2.26. The Bertz CT molecular complexity index is 210. The minimum absolute atomic E-state index is 0.0767. The second-order valence-corrected chi connectivity index (χ2v) is 7.26. The van der Waals surface area contributed by atoms with Gasteiger partial charge in [-0.3, -0.25) is 4.79 Å². The Kier molecular flexibility index (Phi) is 6.14. The van der Waals surface area contributed by atoms with Gasteiger partial charge in [-0.05, 0) is 25.7 Å². The third-order valence-electron chi connectivity index (χ3n) is 3.11. The largest absolute Gasteiger partial charge is 0.464 e. The molecule has 0 radical (unpaired) electrons. The lowest BCUT2D eigenvalue weighted by atomic mass is 9.74. The zero-order valence-electron chi connectivity index (χ0n) is 10.6. The lowest BCUT2D eigenvalue weighted by molar-refractivity contribution is -0.157. The van der Waals surface area contributed by atoms with Crippen molar-refractivity contribution in [1.29, 1.82) is 0 Å². The van der Waals surface area contributed by atoms with Gasteiger partial charge in [0.25, 0.3) is 0 Å². The highest BCUT2D eigenvalue weighted by atomic mass is 127. The van der Waals surface area contributed by atoms with E-state index in [4.69, 9.17) is 4.74 Å². The Morgan fingerprint density at radius 3 is 2.07 bits per heavy atom. The Labute approximate surface area is 107 Å². The number of esters is 1. The molecule has 0 amide bonds. The van der Waals surface area contributed by atoms with Crippen molar-refractivity contribution in [2.45, 2.75) is 45.5 Å². The van der Waals surface area contributed by atoms with Crippen molar-refractivity contribution in [3.63, 3.8) is 0 Å². The summed E-state index contributed by atoms with van der Waals surface area (Å²) in [6.07, 6.45) is 0. The molecule has 2 nitrogen and oxygen atoms in total. The monoisotopic (exact) mass is 326 g/mol. The van der Waals surface area contributed by atoms with Crippen LogP contribution in [0.4, 0.5) is 0 Å². The number of ether oxygens (including phenoxy) is 1. The fourth-order valence-electron chi connectivity index (χ4n) is 1.40. The maximum atomic E-state index is 11.9. The van der Waals surface area contributed by atoms with Crippen LogP contribution in [0, 0.1) is 17.3 Å². The van der Waals surface area contributed by atoms with Crippen LogP contribution in [0.1, 0.15) is 41.5 Å². The first-order valence-electron chi connectivity index (χ1n) is 5.50. The molecule has 0 N–H and O–H groups in total. The van der Waals surface area contributed by atoms with Gasteiger partial charge in [0.05, 0.1) is 5.41 Å². The summed E-state index contributed by atoms with van der Waals surface area (Å²) in [5.74, 6) is 0.742. The van der Waals surface area contributed by atoms with Gasteiger partial charge in [-0.25, -0.2) is 0 Å².